The molecule has 0 saturated carbocycles. The van der Waals surface area contributed by atoms with Crippen LogP contribution in [0.5, 0.6) is 0 Å². The molecule has 16 heavy (non-hydrogen) atoms. The van der Waals surface area contributed by atoms with Crippen molar-refractivity contribution in [3.8, 4) is 0 Å². The van der Waals surface area contributed by atoms with Crippen molar-refractivity contribution in [3.05, 3.63) is 29.3 Å². The maximum atomic E-state index is 11.7. The summed E-state index contributed by atoms with van der Waals surface area (Å²) in [6.07, 6.45) is 0.0349. The van der Waals surface area contributed by atoms with E-state index in [1.807, 2.05) is 0 Å². The van der Waals surface area contributed by atoms with Crippen LogP contribution in [0.4, 0.5) is 5.69 Å². The minimum atomic E-state index is -0.670. The van der Waals surface area contributed by atoms with E-state index in [-0.39, 0.29) is 5.91 Å². The second-order valence-corrected chi connectivity index (χ2v) is 3.91. The van der Waals surface area contributed by atoms with E-state index in [1.54, 1.807) is 24.3 Å². The third-order valence-electron chi connectivity index (χ3n) is 2.57. The number of halogens is 1. The lowest BCUT2D eigenvalue weighted by molar-refractivity contribution is -0.142. The lowest BCUT2D eigenvalue weighted by Gasteiger charge is -2.42. The van der Waals surface area contributed by atoms with Gasteiger partial charge in [-0.25, -0.2) is 0 Å². The number of ether oxygens (including phenoxy) is 1. The first-order chi connectivity index (χ1) is 7.69. The predicted molar refractivity (Wildman–Crippen MR) is 59.6 cm³/mol. The van der Waals surface area contributed by atoms with Crippen molar-refractivity contribution in [1.82, 2.24) is 0 Å². The number of hydrogen-bond acceptors (Lipinski definition) is 3. The molecule has 1 heterocycles. The summed E-state index contributed by atoms with van der Waals surface area (Å²) in [5, 5.41) is 0.524. The molecule has 84 valence electrons. The van der Waals surface area contributed by atoms with E-state index < -0.39 is 12.1 Å². The number of β-lactam (4-membered cyclic amide) rings is 1. The number of amides is 1. The molecule has 1 aliphatic rings. The van der Waals surface area contributed by atoms with Crippen LogP contribution in [0.15, 0.2) is 24.3 Å². The lowest BCUT2D eigenvalue weighted by atomic mass is 9.98. The molecule has 5 heteroatoms. The van der Waals surface area contributed by atoms with Gasteiger partial charge in [0.1, 0.15) is 12.3 Å². The molecule has 2 atom stereocenters. The number of benzene rings is 1. The summed E-state index contributed by atoms with van der Waals surface area (Å²) in [6.45, 7) is 0. The zero-order valence-electron chi connectivity index (χ0n) is 8.59. The number of methoxy groups -OCH3 is 1. The number of anilines is 1. The highest BCUT2D eigenvalue weighted by Gasteiger charge is 2.48. The van der Waals surface area contributed by atoms with Crippen LogP contribution in [0.3, 0.4) is 0 Å². The summed E-state index contributed by atoms with van der Waals surface area (Å²) in [4.78, 5) is 23.9. The Labute approximate surface area is 97.7 Å². The summed E-state index contributed by atoms with van der Waals surface area (Å²) in [6, 6.07) is 6.25. The van der Waals surface area contributed by atoms with Crippen LogP contribution in [0.1, 0.15) is 0 Å². The molecular weight excluding hydrogens is 230 g/mol. The van der Waals surface area contributed by atoms with Crippen LogP contribution in [-0.4, -0.2) is 31.4 Å². The van der Waals surface area contributed by atoms with Gasteiger partial charge in [0.25, 0.3) is 5.91 Å². The molecule has 4 nitrogen and oxygen atoms in total. The standard InChI is InChI=1S/C11H10ClNO3/c1-16-10-9(6-14)13(11(10)15)8-4-2-3-7(12)5-8/h2-6,9-10H,1H3. The highest BCUT2D eigenvalue weighted by molar-refractivity contribution is 6.31. The molecule has 0 aromatic heterocycles. The number of nitrogens with zero attached hydrogens (tertiary/aromatic N) is 1. The number of carbonyl (C=O) groups is 2. The largest absolute Gasteiger partial charge is 0.369 e. The summed E-state index contributed by atoms with van der Waals surface area (Å²) in [5.74, 6) is -0.220. The molecule has 2 unspecified atom stereocenters. The van der Waals surface area contributed by atoms with Crippen molar-refractivity contribution in [2.24, 2.45) is 0 Å². The quantitative estimate of drug-likeness (QED) is 0.590. The van der Waals surface area contributed by atoms with Crippen LogP contribution in [0.25, 0.3) is 0 Å². The number of carbonyl (C=O) groups excluding carboxylic acids is 2. The number of hydrogen-bond donors (Lipinski definition) is 0. The summed E-state index contributed by atoms with van der Waals surface area (Å²) in [5.41, 5.74) is 0.614. The SMILES string of the molecule is COC1C(=O)N(c2cccc(Cl)c2)C1C=O. The molecule has 1 aliphatic heterocycles. The lowest BCUT2D eigenvalue weighted by Crippen LogP contribution is -2.66. The third kappa shape index (κ3) is 1.60. The first-order valence-electron chi connectivity index (χ1n) is 4.75. The highest BCUT2D eigenvalue weighted by Crippen LogP contribution is 2.30. The highest BCUT2D eigenvalue weighted by atomic mass is 35.5. The van der Waals surface area contributed by atoms with E-state index in [0.717, 1.165) is 0 Å². The Balaban J connectivity index is 2.29. The molecule has 1 fully saturated rings. The van der Waals surface area contributed by atoms with Gasteiger partial charge in [-0.2, -0.15) is 0 Å². The first-order valence-corrected chi connectivity index (χ1v) is 5.13. The topological polar surface area (TPSA) is 46.6 Å². The molecule has 2 rings (SSSR count). The minimum Gasteiger partial charge on any atom is -0.369 e. The minimum absolute atomic E-state index is 0.220. The number of aldehydes is 1. The Morgan fingerprint density at radius 2 is 2.25 bits per heavy atom. The second-order valence-electron chi connectivity index (χ2n) is 3.47. The summed E-state index contributed by atoms with van der Waals surface area (Å²) < 4.78 is 4.93. The second kappa shape index (κ2) is 4.23. The molecule has 0 spiro atoms. The normalized spacial score (nSPS) is 24.1. The first kappa shape index (κ1) is 11.1. The monoisotopic (exact) mass is 239 g/mol. The van der Waals surface area contributed by atoms with Crippen molar-refractivity contribution >= 4 is 29.5 Å². The zero-order chi connectivity index (χ0) is 11.7. The van der Waals surface area contributed by atoms with Gasteiger partial charge in [0.2, 0.25) is 0 Å². The Morgan fingerprint density at radius 3 is 2.81 bits per heavy atom. The van der Waals surface area contributed by atoms with Gasteiger partial charge >= 0.3 is 0 Å². The van der Waals surface area contributed by atoms with E-state index in [9.17, 15) is 9.59 Å². The van der Waals surface area contributed by atoms with E-state index in [1.165, 1.54) is 12.0 Å². The predicted octanol–water partition coefficient (Wildman–Crippen LogP) is 1.27. The van der Waals surface area contributed by atoms with E-state index in [4.69, 9.17) is 16.3 Å². The van der Waals surface area contributed by atoms with Gasteiger partial charge < -0.3 is 9.53 Å². The smallest absolute Gasteiger partial charge is 0.259 e. The van der Waals surface area contributed by atoms with E-state index in [0.29, 0.717) is 17.0 Å². The van der Waals surface area contributed by atoms with E-state index >= 15 is 0 Å². The van der Waals surface area contributed by atoms with Gasteiger partial charge in [-0.3, -0.25) is 9.69 Å². The van der Waals surface area contributed by atoms with Gasteiger partial charge in [0, 0.05) is 17.8 Å². The Bertz CT molecular complexity index is 435. The third-order valence-corrected chi connectivity index (χ3v) is 2.80. The van der Waals surface area contributed by atoms with Gasteiger partial charge in [0.05, 0.1) is 0 Å². The Morgan fingerprint density at radius 1 is 1.50 bits per heavy atom. The van der Waals surface area contributed by atoms with Gasteiger partial charge in [-0.05, 0) is 18.2 Å². The van der Waals surface area contributed by atoms with Crippen molar-refractivity contribution < 1.29 is 14.3 Å². The fourth-order valence-electron chi connectivity index (χ4n) is 1.78. The van der Waals surface area contributed by atoms with Gasteiger partial charge in [0.15, 0.2) is 6.10 Å². The maximum absolute atomic E-state index is 11.7. The maximum Gasteiger partial charge on any atom is 0.259 e. The van der Waals surface area contributed by atoms with Crippen LogP contribution in [0.2, 0.25) is 5.02 Å². The molecule has 1 aromatic rings. The van der Waals surface area contributed by atoms with E-state index in [2.05, 4.69) is 0 Å². The molecular formula is C11H10ClNO3. The number of rotatable bonds is 3. The zero-order valence-corrected chi connectivity index (χ0v) is 9.35. The fraction of sp³-hybridized carbons (Fsp3) is 0.273. The molecule has 1 amide bonds. The molecule has 0 radical (unpaired) electrons. The van der Waals surface area contributed by atoms with Crippen LogP contribution in [0, 0.1) is 0 Å². The molecule has 0 bridgehead atoms. The Hall–Kier alpha value is -1.39. The average Bonchev–Trinajstić information content (AvgIpc) is 2.26. The molecule has 0 aliphatic carbocycles. The summed E-state index contributed by atoms with van der Waals surface area (Å²) in [7, 11) is 1.41. The van der Waals surface area contributed by atoms with Gasteiger partial charge in [-0.15, -0.1) is 0 Å². The summed E-state index contributed by atoms with van der Waals surface area (Å²) >= 11 is 5.82. The molecule has 1 aromatic carbocycles. The molecule has 1 saturated heterocycles. The molecule has 0 N–H and O–H groups in total. The Kier molecular flexibility index (Phi) is 2.94. The van der Waals surface area contributed by atoms with Crippen molar-refractivity contribution in [2.75, 3.05) is 12.0 Å². The van der Waals surface area contributed by atoms with Crippen molar-refractivity contribution in [2.45, 2.75) is 12.1 Å². The van der Waals surface area contributed by atoms with Crippen LogP contribution < -0.4 is 4.90 Å². The van der Waals surface area contributed by atoms with Crippen LogP contribution >= 0.6 is 11.6 Å². The van der Waals surface area contributed by atoms with Gasteiger partial charge in [-0.1, -0.05) is 17.7 Å². The fourth-order valence-corrected chi connectivity index (χ4v) is 1.97. The van der Waals surface area contributed by atoms with Crippen molar-refractivity contribution in [3.63, 3.8) is 0 Å². The van der Waals surface area contributed by atoms with Crippen molar-refractivity contribution in [1.29, 1.82) is 0 Å². The average molecular weight is 240 g/mol. The van der Waals surface area contributed by atoms with Crippen LogP contribution in [-0.2, 0) is 14.3 Å².